The topological polar surface area (TPSA) is 102 Å². The number of ether oxygens (including phenoxy) is 1. The Labute approximate surface area is 91.6 Å². The summed E-state index contributed by atoms with van der Waals surface area (Å²) in [6.45, 7) is 0. The quantitative estimate of drug-likeness (QED) is 0.735. The Hall–Kier alpha value is -2.02. The number of aliphatic imine (C=N–C) groups is 1. The molecule has 1 aromatic rings. The molecular weight excluding hydrogens is 232 g/mol. The average molecular weight is 240 g/mol. The van der Waals surface area contributed by atoms with E-state index in [1.807, 2.05) is 0 Å². The van der Waals surface area contributed by atoms with Crippen molar-refractivity contribution in [2.24, 2.45) is 10.7 Å². The number of hydrogen-bond donors (Lipinski definition) is 2. The number of hydrogen-bond acceptors (Lipinski definition) is 6. The predicted octanol–water partition coefficient (Wildman–Crippen LogP) is 0.313. The fourth-order valence-electron chi connectivity index (χ4n) is 1.07. The minimum atomic E-state index is -3.83. The number of phenols is 1. The highest BCUT2D eigenvalue weighted by Gasteiger charge is 2.30. The van der Waals surface area contributed by atoms with Crippen molar-refractivity contribution in [3.63, 3.8) is 0 Å². The number of aromatic hydroxyl groups is 1. The van der Waals surface area contributed by atoms with Crippen LogP contribution in [-0.2, 0) is 9.84 Å². The first-order valence-electron chi connectivity index (χ1n) is 4.26. The van der Waals surface area contributed by atoms with E-state index in [9.17, 15) is 13.5 Å². The molecule has 16 heavy (non-hydrogen) atoms. The lowest BCUT2D eigenvalue weighted by Gasteiger charge is -2.06. The molecule has 0 spiro atoms. The van der Waals surface area contributed by atoms with E-state index in [2.05, 4.69) is 4.99 Å². The molecule has 0 aromatic heterocycles. The summed E-state index contributed by atoms with van der Waals surface area (Å²) in [6.07, 6.45) is 0.991. The molecule has 2 rings (SSSR count). The highest BCUT2D eigenvalue weighted by atomic mass is 32.2. The van der Waals surface area contributed by atoms with Crippen molar-refractivity contribution in [3.05, 3.63) is 35.5 Å². The van der Waals surface area contributed by atoms with Crippen molar-refractivity contribution in [3.8, 4) is 11.5 Å². The fraction of sp³-hybridized carbons (Fsp3) is 0. The van der Waals surface area contributed by atoms with Gasteiger partial charge in [0.1, 0.15) is 0 Å². The van der Waals surface area contributed by atoms with E-state index >= 15 is 0 Å². The Kier molecular flexibility index (Phi) is 2.31. The van der Waals surface area contributed by atoms with Crippen LogP contribution in [0.25, 0.3) is 0 Å². The average Bonchev–Trinajstić information content (AvgIpc) is 2.48. The van der Waals surface area contributed by atoms with Gasteiger partial charge >= 0.3 is 5.23 Å². The molecule has 0 aliphatic carbocycles. The smallest absolute Gasteiger partial charge is 0.322 e. The molecule has 7 heteroatoms. The summed E-state index contributed by atoms with van der Waals surface area (Å²) in [4.78, 5) is 3.51. The van der Waals surface area contributed by atoms with Gasteiger partial charge in [0.2, 0.25) is 0 Å². The molecule has 3 N–H and O–H groups in total. The van der Waals surface area contributed by atoms with Crippen LogP contribution in [-0.4, -0.2) is 18.8 Å². The Morgan fingerprint density at radius 2 is 2.00 bits per heavy atom. The molecule has 0 saturated heterocycles. The normalized spacial score (nSPS) is 17.8. The Balaban J connectivity index is 2.30. The van der Waals surface area contributed by atoms with Gasteiger partial charge in [0.25, 0.3) is 9.84 Å². The van der Waals surface area contributed by atoms with Gasteiger partial charge in [-0.15, -0.1) is 0 Å². The molecule has 1 heterocycles. The summed E-state index contributed by atoms with van der Waals surface area (Å²) in [7, 11) is -3.83. The van der Waals surface area contributed by atoms with Gasteiger partial charge in [0.15, 0.2) is 16.5 Å². The molecule has 0 unspecified atom stereocenters. The van der Waals surface area contributed by atoms with Gasteiger partial charge in [0.05, 0.1) is 6.20 Å². The Morgan fingerprint density at radius 3 is 2.56 bits per heavy atom. The van der Waals surface area contributed by atoms with Crippen LogP contribution in [0.15, 0.2) is 40.5 Å². The van der Waals surface area contributed by atoms with E-state index in [0.717, 1.165) is 6.20 Å². The number of nitrogens with two attached hydrogens (primary N) is 1. The lowest BCUT2D eigenvalue weighted by atomic mass is 10.3. The van der Waals surface area contributed by atoms with E-state index < -0.39 is 15.1 Å². The van der Waals surface area contributed by atoms with Gasteiger partial charge in [-0.3, -0.25) is 0 Å². The zero-order valence-corrected chi connectivity index (χ0v) is 8.81. The highest BCUT2D eigenvalue weighted by Crippen LogP contribution is 2.26. The van der Waals surface area contributed by atoms with Crippen molar-refractivity contribution < 1.29 is 18.3 Å². The molecule has 1 aromatic carbocycles. The SMILES string of the molecule is NC1=CN=C(Oc2ccccc2O)S1(=O)=O. The van der Waals surface area contributed by atoms with Crippen molar-refractivity contribution in [1.82, 2.24) is 0 Å². The van der Waals surface area contributed by atoms with E-state index in [1.165, 1.54) is 12.1 Å². The van der Waals surface area contributed by atoms with Gasteiger partial charge in [-0.1, -0.05) is 12.1 Å². The number of para-hydroxylation sites is 2. The van der Waals surface area contributed by atoms with Crippen LogP contribution in [0.2, 0.25) is 0 Å². The lowest BCUT2D eigenvalue weighted by molar-refractivity contribution is 0.436. The lowest BCUT2D eigenvalue weighted by Crippen LogP contribution is -2.22. The van der Waals surface area contributed by atoms with Crippen LogP contribution in [0, 0.1) is 0 Å². The second-order valence-electron chi connectivity index (χ2n) is 3.00. The highest BCUT2D eigenvalue weighted by molar-refractivity contribution is 8.09. The molecule has 0 fully saturated rings. The summed E-state index contributed by atoms with van der Waals surface area (Å²) < 4.78 is 27.9. The van der Waals surface area contributed by atoms with Gasteiger partial charge in [-0.25, -0.2) is 13.4 Å². The maximum atomic E-state index is 11.5. The summed E-state index contributed by atoms with van der Waals surface area (Å²) in [6, 6.07) is 5.96. The van der Waals surface area contributed by atoms with E-state index in [-0.39, 0.29) is 16.5 Å². The first-order chi connectivity index (χ1) is 7.51. The van der Waals surface area contributed by atoms with Crippen LogP contribution in [0.3, 0.4) is 0 Å². The number of benzene rings is 1. The molecule has 1 aliphatic rings. The number of phenolic OH excluding ortho intramolecular Hbond substituents is 1. The van der Waals surface area contributed by atoms with Crippen LogP contribution in [0.4, 0.5) is 0 Å². The van der Waals surface area contributed by atoms with Crippen LogP contribution in [0.1, 0.15) is 0 Å². The fourth-order valence-corrected chi connectivity index (χ4v) is 1.86. The third-order valence-corrected chi connectivity index (χ3v) is 3.27. The second kappa shape index (κ2) is 3.53. The molecule has 1 aliphatic heterocycles. The van der Waals surface area contributed by atoms with Gasteiger partial charge < -0.3 is 15.6 Å². The van der Waals surface area contributed by atoms with Crippen LogP contribution >= 0.6 is 0 Å². The summed E-state index contributed by atoms with van der Waals surface area (Å²) in [5.41, 5.74) is 5.21. The van der Waals surface area contributed by atoms with E-state index in [0.29, 0.717) is 0 Å². The largest absolute Gasteiger partial charge is 0.504 e. The van der Waals surface area contributed by atoms with Gasteiger partial charge in [0, 0.05) is 0 Å². The second-order valence-corrected chi connectivity index (χ2v) is 4.83. The third-order valence-electron chi connectivity index (χ3n) is 1.90. The molecule has 6 nitrogen and oxygen atoms in total. The molecular formula is C9H8N2O4S. The summed E-state index contributed by atoms with van der Waals surface area (Å²) in [5, 5.41) is 8.47. The molecule has 0 bridgehead atoms. The number of rotatable bonds is 1. The van der Waals surface area contributed by atoms with Crippen molar-refractivity contribution in [2.45, 2.75) is 0 Å². The summed E-state index contributed by atoms with van der Waals surface area (Å²) in [5.74, 6) is -0.168. The van der Waals surface area contributed by atoms with Crippen molar-refractivity contribution in [1.29, 1.82) is 0 Å². The van der Waals surface area contributed by atoms with Gasteiger partial charge in [-0.2, -0.15) is 0 Å². The molecule has 84 valence electrons. The van der Waals surface area contributed by atoms with E-state index in [4.69, 9.17) is 10.5 Å². The number of sulfone groups is 1. The van der Waals surface area contributed by atoms with E-state index in [1.54, 1.807) is 12.1 Å². The zero-order chi connectivity index (χ0) is 11.8. The van der Waals surface area contributed by atoms with Gasteiger partial charge in [-0.05, 0) is 12.1 Å². The molecule has 0 radical (unpaired) electrons. The van der Waals surface area contributed by atoms with Crippen molar-refractivity contribution >= 4 is 15.1 Å². The first-order valence-corrected chi connectivity index (χ1v) is 5.74. The van der Waals surface area contributed by atoms with Crippen LogP contribution in [0.5, 0.6) is 11.5 Å². The van der Waals surface area contributed by atoms with Crippen molar-refractivity contribution in [2.75, 3.05) is 0 Å². The maximum absolute atomic E-state index is 11.5. The standard InChI is InChI=1S/C9H8N2O4S/c10-8-5-11-9(16(8,13)14)15-7-4-2-1-3-6(7)12/h1-5,12H,10H2. The molecule has 0 saturated carbocycles. The molecule has 0 amide bonds. The summed E-state index contributed by atoms with van der Waals surface area (Å²) >= 11 is 0. The predicted molar refractivity (Wildman–Crippen MR) is 57.4 cm³/mol. The minimum Gasteiger partial charge on any atom is -0.504 e. The minimum absolute atomic E-state index is 0.00734. The number of nitrogens with zero attached hydrogens (tertiary/aromatic N) is 1. The monoisotopic (exact) mass is 240 g/mol. The zero-order valence-electron chi connectivity index (χ0n) is 7.99. The Morgan fingerprint density at radius 1 is 1.31 bits per heavy atom. The maximum Gasteiger partial charge on any atom is 0.322 e. The first kappa shape index (κ1) is 10.5. The van der Waals surface area contributed by atoms with Crippen LogP contribution < -0.4 is 10.5 Å². The third kappa shape index (κ3) is 1.61. The molecule has 0 atom stereocenters. The Bertz CT molecular complexity index is 589.